The first-order valence-electron chi connectivity index (χ1n) is 5.68. The van der Waals surface area contributed by atoms with Gasteiger partial charge in [0.25, 0.3) is 5.69 Å². The van der Waals surface area contributed by atoms with Crippen LogP contribution in [-0.2, 0) is 0 Å². The molecular formula is C13H12BrN3O2. The van der Waals surface area contributed by atoms with Crippen molar-refractivity contribution in [1.82, 2.24) is 4.98 Å². The molecular weight excluding hydrogens is 310 g/mol. The Morgan fingerprint density at radius 1 is 1.26 bits per heavy atom. The average molecular weight is 322 g/mol. The van der Waals surface area contributed by atoms with Gasteiger partial charge in [0.05, 0.1) is 4.92 Å². The number of hydrogen-bond acceptors (Lipinski definition) is 4. The summed E-state index contributed by atoms with van der Waals surface area (Å²) in [5.74, 6) is 0.612. The number of nitrogens with zero attached hydrogens (tertiary/aromatic N) is 2. The standard InChI is InChI=1S/C13H12BrN3O2/c1-9(10-2-4-11(14)5-3-10)16-13-7-6-12(8-15-13)17(18)19/h2-9H,1H3,(H,15,16)/t9-/m0/s1. The first-order valence-corrected chi connectivity index (χ1v) is 6.48. The lowest BCUT2D eigenvalue weighted by Crippen LogP contribution is -2.07. The Bertz CT molecular complexity index is 569. The Morgan fingerprint density at radius 3 is 2.47 bits per heavy atom. The minimum Gasteiger partial charge on any atom is -0.364 e. The van der Waals surface area contributed by atoms with Crippen LogP contribution in [0.1, 0.15) is 18.5 Å². The van der Waals surface area contributed by atoms with E-state index in [-0.39, 0.29) is 11.7 Å². The number of benzene rings is 1. The molecule has 0 aliphatic heterocycles. The largest absolute Gasteiger partial charge is 0.364 e. The Balaban J connectivity index is 2.08. The van der Waals surface area contributed by atoms with Gasteiger partial charge in [-0.25, -0.2) is 4.98 Å². The van der Waals surface area contributed by atoms with E-state index in [0.717, 1.165) is 10.0 Å². The van der Waals surface area contributed by atoms with Crippen LogP contribution in [0.15, 0.2) is 47.1 Å². The van der Waals surface area contributed by atoms with Crippen molar-refractivity contribution in [2.24, 2.45) is 0 Å². The smallest absolute Gasteiger partial charge is 0.287 e. The Kier molecular flexibility index (Phi) is 4.11. The van der Waals surface area contributed by atoms with Crippen molar-refractivity contribution in [1.29, 1.82) is 0 Å². The zero-order chi connectivity index (χ0) is 13.8. The number of anilines is 1. The second-order valence-electron chi connectivity index (χ2n) is 4.08. The lowest BCUT2D eigenvalue weighted by Gasteiger charge is -2.14. The summed E-state index contributed by atoms with van der Waals surface area (Å²) < 4.78 is 1.02. The quantitative estimate of drug-likeness (QED) is 0.684. The van der Waals surface area contributed by atoms with Crippen LogP contribution in [0.25, 0.3) is 0 Å². The molecule has 0 fully saturated rings. The number of halogens is 1. The molecule has 0 aliphatic rings. The highest BCUT2D eigenvalue weighted by Crippen LogP contribution is 2.21. The maximum atomic E-state index is 10.5. The van der Waals surface area contributed by atoms with Gasteiger partial charge >= 0.3 is 0 Å². The third-order valence-electron chi connectivity index (χ3n) is 2.69. The fraction of sp³-hybridized carbons (Fsp3) is 0.154. The van der Waals surface area contributed by atoms with Gasteiger partial charge < -0.3 is 5.32 Å². The van der Waals surface area contributed by atoms with Crippen molar-refractivity contribution >= 4 is 27.4 Å². The molecule has 1 aromatic heterocycles. The third-order valence-corrected chi connectivity index (χ3v) is 3.22. The number of hydrogen-bond donors (Lipinski definition) is 1. The van der Waals surface area contributed by atoms with Crippen LogP contribution in [0.2, 0.25) is 0 Å². The lowest BCUT2D eigenvalue weighted by molar-refractivity contribution is -0.385. The Morgan fingerprint density at radius 2 is 1.95 bits per heavy atom. The van der Waals surface area contributed by atoms with Gasteiger partial charge in [-0.2, -0.15) is 0 Å². The van der Waals surface area contributed by atoms with E-state index in [1.165, 1.54) is 12.3 Å². The highest BCUT2D eigenvalue weighted by molar-refractivity contribution is 9.10. The molecule has 0 spiro atoms. The van der Waals surface area contributed by atoms with E-state index in [0.29, 0.717) is 5.82 Å². The normalized spacial score (nSPS) is 11.9. The van der Waals surface area contributed by atoms with Crippen molar-refractivity contribution in [3.63, 3.8) is 0 Å². The molecule has 6 heteroatoms. The average Bonchev–Trinajstić information content (AvgIpc) is 2.40. The fourth-order valence-electron chi connectivity index (χ4n) is 1.64. The maximum Gasteiger partial charge on any atom is 0.287 e. The van der Waals surface area contributed by atoms with Gasteiger partial charge in [0.1, 0.15) is 12.0 Å². The third kappa shape index (κ3) is 3.51. The van der Waals surface area contributed by atoms with E-state index >= 15 is 0 Å². The van der Waals surface area contributed by atoms with Crippen molar-refractivity contribution < 1.29 is 4.92 Å². The molecule has 19 heavy (non-hydrogen) atoms. The predicted octanol–water partition coefficient (Wildman–Crippen LogP) is 3.93. The zero-order valence-corrected chi connectivity index (χ0v) is 11.8. The predicted molar refractivity (Wildman–Crippen MR) is 77.1 cm³/mol. The topological polar surface area (TPSA) is 68.1 Å². The molecule has 2 rings (SSSR count). The minimum atomic E-state index is -0.463. The first kappa shape index (κ1) is 13.5. The number of pyridine rings is 1. The second-order valence-corrected chi connectivity index (χ2v) is 4.99. The molecule has 0 saturated carbocycles. The van der Waals surface area contributed by atoms with Crippen LogP contribution in [0, 0.1) is 10.1 Å². The molecule has 1 atom stereocenters. The Labute approximate surface area is 119 Å². The molecule has 2 aromatic rings. The SMILES string of the molecule is C[C@H](Nc1ccc([N+](=O)[O-])cn1)c1ccc(Br)cc1. The molecule has 0 unspecified atom stereocenters. The van der Waals surface area contributed by atoms with Crippen molar-refractivity contribution in [2.75, 3.05) is 5.32 Å². The molecule has 1 heterocycles. The van der Waals surface area contributed by atoms with Gasteiger partial charge in [0, 0.05) is 16.6 Å². The molecule has 0 amide bonds. The zero-order valence-electron chi connectivity index (χ0n) is 10.2. The first-order chi connectivity index (χ1) is 9.06. The van der Waals surface area contributed by atoms with Crippen molar-refractivity contribution in [3.05, 3.63) is 62.7 Å². The summed E-state index contributed by atoms with van der Waals surface area (Å²) in [4.78, 5) is 14.1. The van der Waals surface area contributed by atoms with E-state index in [2.05, 4.69) is 26.2 Å². The highest BCUT2D eigenvalue weighted by Gasteiger charge is 2.08. The van der Waals surface area contributed by atoms with E-state index in [9.17, 15) is 10.1 Å². The molecule has 0 radical (unpaired) electrons. The number of aromatic nitrogens is 1. The minimum absolute atomic E-state index is 0.0122. The monoisotopic (exact) mass is 321 g/mol. The van der Waals surface area contributed by atoms with Gasteiger partial charge in [-0.1, -0.05) is 28.1 Å². The van der Waals surface area contributed by atoms with Crippen LogP contribution in [0.4, 0.5) is 11.5 Å². The van der Waals surface area contributed by atoms with E-state index in [4.69, 9.17) is 0 Å². The fourth-order valence-corrected chi connectivity index (χ4v) is 1.90. The van der Waals surface area contributed by atoms with Gasteiger partial charge in [0.2, 0.25) is 0 Å². The van der Waals surface area contributed by atoms with Crippen LogP contribution in [0.3, 0.4) is 0 Å². The molecule has 1 aromatic carbocycles. The summed E-state index contributed by atoms with van der Waals surface area (Å²) in [7, 11) is 0. The summed E-state index contributed by atoms with van der Waals surface area (Å²) in [6.45, 7) is 2.01. The maximum absolute atomic E-state index is 10.5. The molecule has 0 saturated heterocycles. The van der Waals surface area contributed by atoms with Crippen molar-refractivity contribution in [3.8, 4) is 0 Å². The van der Waals surface area contributed by atoms with Crippen LogP contribution in [-0.4, -0.2) is 9.91 Å². The van der Waals surface area contributed by atoms with Gasteiger partial charge in [-0.3, -0.25) is 10.1 Å². The van der Waals surface area contributed by atoms with Crippen LogP contribution >= 0.6 is 15.9 Å². The molecule has 0 aliphatic carbocycles. The van der Waals surface area contributed by atoms with Gasteiger partial charge in [0.15, 0.2) is 0 Å². The van der Waals surface area contributed by atoms with Gasteiger partial charge in [-0.05, 0) is 30.7 Å². The van der Waals surface area contributed by atoms with Gasteiger partial charge in [-0.15, -0.1) is 0 Å². The lowest BCUT2D eigenvalue weighted by atomic mass is 10.1. The molecule has 98 valence electrons. The highest BCUT2D eigenvalue weighted by atomic mass is 79.9. The molecule has 5 nitrogen and oxygen atoms in total. The van der Waals surface area contributed by atoms with E-state index in [1.54, 1.807) is 6.07 Å². The molecule has 1 N–H and O–H groups in total. The summed E-state index contributed by atoms with van der Waals surface area (Å²) in [5, 5.41) is 13.7. The summed E-state index contributed by atoms with van der Waals surface area (Å²) in [6, 6.07) is 11.1. The number of nitrogens with one attached hydrogen (secondary N) is 1. The van der Waals surface area contributed by atoms with Crippen LogP contribution in [0.5, 0.6) is 0 Å². The number of nitro groups is 1. The van der Waals surface area contributed by atoms with Crippen molar-refractivity contribution in [2.45, 2.75) is 13.0 Å². The summed E-state index contributed by atoms with van der Waals surface area (Å²) >= 11 is 3.39. The number of rotatable bonds is 4. The second kappa shape index (κ2) is 5.79. The Hall–Kier alpha value is -1.95. The summed E-state index contributed by atoms with van der Waals surface area (Å²) in [6.07, 6.45) is 1.25. The summed E-state index contributed by atoms with van der Waals surface area (Å²) in [5.41, 5.74) is 1.10. The molecule has 0 bridgehead atoms. The van der Waals surface area contributed by atoms with E-state index < -0.39 is 4.92 Å². The van der Waals surface area contributed by atoms with Crippen LogP contribution < -0.4 is 5.32 Å². The van der Waals surface area contributed by atoms with E-state index in [1.807, 2.05) is 31.2 Å².